The molecule has 5 rings (SSSR count). The van der Waals surface area contributed by atoms with Gasteiger partial charge in [0.15, 0.2) is 12.1 Å². The Morgan fingerprint density at radius 2 is 1.25 bits per heavy atom. The largest absolute Gasteiger partial charge is 1.00 e. The van der Waals surface area contributed by atoms with Crippen LogP contribution in [0.5, 0.6) is 0 Å². The van der Waals surface area contributed by atoms with E-state index in [-0.39, 0.29) is 24.8 Å². The second-order valence-corrected chi connectivity index (χ2v) is 9.65. The summed E-state index contributed by atoms with van der Waals surface area (Å²) in [5.74, 6) is 0.844. The average molecular weight is 419 g/mol. The average Bonchev–Trinajstić information content (AvgIpc) is 3.01. The molecule has 0 radical (unpaired) electrons. The van der Waals surface area contributed by atoms with Crippen molar-refractivity contribution in [2.24, 2.45) is 16.7 Å². The molecule has 4 heteroatoms. The number of hydrogen-bond acceptors (Lipinski definition) is 0. The van der Waals surface area contributed by atoms with E-state index in [1.54, 1.807) is 0 Å². The highest BCUT2D eigenvalue weighted by molar-refractivity contribution is 5.26. The quantitative estimate of drug-likeness (QED) is 0.515. The van der Waals surface area contributed by atoms with E-state index in [9.17, 15) is 0 Å². The molecule has 1 aliphatic heterocycles. The summed E-state index contributed by atoms with van der Waals surface area (Å²) in [7, 11) is 0. The second-order valence-electron chi connectivity index (χ2n) is 9.65. The fourth-order valence-electron chi connectivity index (χ4n) is 6.79. The van der Waals surface area contributed by atoms with Crippen molar-refractivity contribution in [3.8, 4) is 0 Å². The van der Waals surface area contributed by atoms with Crippen molar-refractivity contribution in [1.29, 1.82) is 0 Å². The number of hydrogen-bond donors (Lipinski definition) is 2. The topological polar surface area (TPSA) is 33.2 Å². The van der Waals surface area contributed by atoms with Gasteiger partial charge in [0.25, 0.3) is 0 Å². The Bertz CT molecular complexity index is 795. The van der Waals surface area contributed by atoms with Crippen LogP contribution in [-0.4, -0.2) is 12.1 Å². The molecule has 2 saturated carbocycles. The van der Waals surface area contributed by atoms with Crippen LogP contribution in [-0.2, 0) is 0 Å². The Balaban J connectivity index is 0.00000112. The van der Waals surface area contributed by atoms with Gasteiger partial charge in [0.1, 0.15) is 12.1 Å². The first-order valence-electron chi connectivity index (χ1n) is 10.3. The van der Waals surface area contributed by atoms with Crippen LogP contribution in [0.25, 0.3) is 0 Å². The third-order valence-electron chi connectivity index (χ3n) is 8.59. The van der Waals surface area contributed by atoms with E-state index in [0.717, 1.165) is 18.0 Å². The predicted molar refractivity (Wildman–Crippen MR) is 104 cm³/mol. The molecule has 1 saturated heterocycles. The summed E-state index contributed by atoms with van der Waals surface area (Å²) in [4.78, 5) is 0. The lowest BCUT2D eigenvalue weighted by Gasteiger charge is -2.43. The summed E-state index contributed by atoms with van der Waals surface area (Å²) in [6.45, 7) is 7.66. The van der Waals surface area contributed by atoms with Crippen molar-refractivity contribution in [2.75, 3.05) is 0 Å². The number of fused-ring (bicyclic) bond motifs is 5. The summed E-state index contributed by atoms with van der Waals surface area (Å²) in [6, 6.07) is 24.8. The standard InChI is InChI=1S/C24H30N2.2ClH/c1-23(2)18-14-15-24(23,3)22-21(18)25-19(16-10-6-4-7-11-16)20(26-22)17-12-8-5-9-13-17;;/h4-13,18-22,25-26H,14-15H2,1-3H3;2*1H/t18-,19?,20?,21-,22-,24+;;/m1../s1. The van der Waals surface area contributed by atoms with E-state index in [1.165, 1.54) is 24.0 Å². The summed E-state index contributed by atoms with van der Waals surface area (Å²) >= 11 is 0. The van der Waals surface area contributed by atoms with Gasteiger partial charge in [-0.25, -0.2) is 0 Å². The van der Waals surface area contributed by atoms with Gasteiger partial charge in [-0.1, -0.05) is 81.4 Å². The van der Waals surface area contributed by atoms with Gasteiger partial charge in [-0.15, -0.1) is 0 Å². The number of benzene rings is 2. The molecule has 2 bridgehead atoms. The Labute approximate surface area is 181 Å². The fraction of sp³-hybridized carbons (Fsp3) is 0.500. The lowest BCUT2D eigenvalue weighted by Crippen LogP contribution is -3.13. The van der Waals surface area contributed by atoms with E-state index >= 15 is 0 Å². The van der Waals surface area contributed by atoms with E-state index in [2.05, 4.69) is 92.1 Å². The molecule has 1 heterocycles. The lowest BCUT2D eigenvalue weighted by atomic mass is 9.68. The van der Waals surface area contributed by atoms with Gasteiger partial charge in [-0.3, -0.25) is 0 Å². The maximum Gasteiger partial charge on any atom is 0.169 e. The van der Waals surface area contributed by atoms with Crippen molar-refractivity contribution >= 4 is 0 Å². The predicted octanol–water partition coefficient (Wildman–Crippen LogP) is -3.19. The molecule has 4 N–H and O–H groups in total. The SMILES string of the molecule is CC1(C)[C@@H]2CC[C@@]1(C)[C@@H]1[NH2+]C(c3ccccc3)C(c3ccccc3)[NH2+][C@H]21.[Cl-].[Cl-]. The third kappa shape index (κ3) is 2.92. The molecular weight excluding hydrogens is 387 g/mol. The molecule has 28 heavy (non-hydrogen) atoms. The molecular formula is C24H32Cl2N2. The minimum atomic E-state index is 0. The molecule has 0 aromatic heterocycles. The molecule has 2 aromatic carbocycles. The van der Waals surface area contributed by atoms with E-state index in [4.69, 9.17) is 0 Å². The molecule has 2 aromatic rings. The first kappa shape index (κ1) is 21.6. The van der Waals surface area contributed by atoms with E-state index < -0.39 is 0 Å². The molecule has 0 amide bonds. The van der Waals surface area contributed by atoms with Crippen LogP contribution in [0.2, 0.25) is 0 Å². The van der Waals surface area contributed by atoms with Gasteiger partial charge in [0.2, 0.25) is 0 Å². The number of rotatable bonds is 2. The molecule has 2 aliphatic carbocycles. The van der Waals surface area contributed by atoms with Crippen molar-refractivity contribution in [1.82, 2.24) is 0 Å². The Morgan fingerprint density at radius 1 is 0.750 bits per heavy atom. The third-order valence-corrected chi connectivity index (χ3v) is 8.59. The number of piperazine rings is 1. The van der Waals surface area contributed by atoms with Crippen LogP contribution in [0.1, 0.15) is 56.8 Å². The van der Waals surface area contributed by atoms with Crippen LogP contribution in [0, 0.1) is 16.7 Å². The maximum absolute atomic E-state index is 2.76. The molecule has 3 aliphatic rings. The number of quaternary nitrogens is 2. The summed E-state index contributed by atoms with van der Waals surface area (Å²) < 4.78 is 0. The van der Waals surface area contributed by atoms with Gasteiger partial charge in [-0.2, -0.15) is 0 Å². The zero-order valence-electron chi connectivity index (χ0n) is 17.0. The van der Waals surface area contributed by atoms with Crippen LogP contribution in [0.3, 0.4) is 0 Å². The van der Waals surface area contributed by atoms with Crippen molar-refractivity contribution in [3.63, 3.8) is 0 Å². The molecule has 6 atom stereocenters. The van der Waals surface area contributed by atoms with Gasteiger partial charge in [-0.05, 0) is 18.3 Å². The van der Waals surface area contributed by atoms with Crippen molar-refractivity contribution < 1.29 is 35.4 Å². The smallest absolute Gasteiger partial charge is 0.169 e. The van der Waals surface area contributed by atoms with Gasteiger partial charge in [0, 0.05) is 22.5 Å². The molecule has 0 spiro atoms. The highest BCUT2D eigenvalue weighted by Gasteiger charge is 2.72. The molecule has 152 valence electrons. The Hall–Kier alpha value is -1.06. The monoisotopic (exact) mass is 418 g/mol. The first-order valence-corrected chi connectivity index (χ1v) is 10.3. The highest BCUT2D eigenvalue weighted by Crippen LogP contribution is 2.64. The first-order chi connectivity index (χ1) is 12.5. The number of nitrogens with two attached hydrogens (primary N) is 2. The van der Waals surface area contributed by atoms with Crippen LogP contribution < -0.4 is 35.4 Å². The molecule has 2 unspecified atom stereocenters. The second kappa shape index (κ2) is 7.65. The minimum absolute atomic E-state index is 0. The van der Waals surface area contributed by atoms with Crippen LogP contribution in [0.15, 0.2) is 60.7 Å². The van der Waals surface area contributed by atoms with E-state index in [1.807, 2.05) is 0 Å². The summed E-state index contributed by atoms with van der Waals surface area (Å²) in [5.41, 5.74) is 3.84. The Morgan fingerprint density at radius 3 is 1.79 bits per heavy atom. The van der Waals surface area contributed by atoms with E-state index in [0.29, 0.717) is 22.9 Å². The van der Waals surface area contributed by atoms with Gasteiger partial charge < -0.3 is 35.4 Å². The van der Waals surface area contributed by atoms with Gasteiger partial charge >= 0.3 is 0 Å². The normalized spacial score (nSPS) is 37.5. The highest BCUT2D eigenvalue weighted by atomic mass is 35.5. The Kier molecular flexibility index (Phi) is 5.91. The summed E-state index contributed by atoms with van der Waals surface area (Å²) in [6.07, 6.45) is 2.81. The lowest BCUT2D eigenvalue weighted by molar-refractivity contribution is -0.891. The molecule has 2 nitrogen and oxygen atoms in total. The summed E-state index contributed by atoms with van der Waals surface area (Å²) in [5, 5.41) is 5.52. The zero-order valence-corrected chi connectivity index (χ0v) is 18.5. The van der Waals surface area contributed by atoms with Gasteiger partial charge in [0.05, 0.1) is 0 Å². The molecule has 3 fully saturated rings. The fourth-order valence-corrected chi connectivity index (χ4v) is 6.79. The minimum Gasteiger partial charge on any atom is -1.00 e. The van der Waals surface area contributed by atoms with Crippen LogP contribution in [0.4, 0.5) is 0 Å². The maximum atomic E-state index is 2.76. The zero-order chi connectivity index (χ0) is 17.9. The van der Waals surface area contributed by atoms with Crippen molar-refractivity contribution in [3.05, 3.63) is 71.8 Å². The van der Waals surface area contributed by atoms with Crippen LogP contribution >= 0.6 is 0 Å². The number of halogens is 2. The van der Waals surface area contributed by atoms with Crippen molar-refractivity contribution in [2.45, 2.75) is 57.8 Å².